The van der Waals surface area contributed by atoms with Gasteiger partial charge in [-0.2, -0.15) is 0 Å². The molecule has 29 heavy (non-hydrogen) atoms. The number of rotatable bonds is 6. The van der Waals surface area contributed by atoms with Crippen LogP contribution in [0.1, 0.15) is 19.4 Å². The van der Waals surface area contributed by atoms with Crippen molar-refractivity contribution in [2.75, 3.05) is 12.9 Å². The Morgan fingerprint density at radius 2 is 1.76 bits per heavy atom. The van der Waals surface area contributed by atoms with Gasteiger partial charge in [-0.15, -0.1) is 0 Å². The average Bonchev–Trinajstić information content (AvgIpc) is 3.00. The van der Waals surface area contributed by atoms with E-state index in [4.69, 9.17) is 4.74 Å². The van der Waals surface area contributed by atoms with Gasteiger partial charge in [-0.25, -0.2) is 8.42 Å². The number of aldehydes is 1. The minimum absolute atomic E-state index is 0.139. The van der Waals surface area contributed by atoms with Crippen LogP contribution in [0.3, 0.4) is 0 Å². The number of hydrogen-bond acceptors (Lipinski definition) is 5. The summed E-state index contributed by atoms with van der Waals surface area (Å²) in [4.78, 5) is 25.9. The van der Waals surface area contributed by atoms with Crippen LogP contribution in [0.4, 0.5) is 0 Å². The van der Waals surface area contributed by atoms with Gasteiger partial charge >= 0.3 is 0 Å². The zero-order chi connectivity index (χ0) is 21.2. The fourth-order valence-electron chi connectivity index (χ4n) is 3.73. The van der Waals surface area contributed by atoms with Crippen molar-refractivity contribution >= 4 is 27.7 Å². The van der Waals surface area contributed by atoms with Gasteiger partial charge in [0.2, 0.25) is 5.91 Å². The fraction of sp³-hybridized carbons (Fsp3) is 0.273. The first-order valence-electron chi connectivity index (χ1n) is 9.12. The van der Waals surface area contributed by atoms with Gasteiger partial charge in [0.25, 0.3) is 0 Å². The second kappa shape index (κ2) is 7.83. The molecule has 2 aromatic rings. The Labute approximate surface area is 170 Å². The molecule has 0 saturated carbocycles. The van der Waals surface area contributed by atoms with Crippen molar-refractivity contribution in [2.24, 2.45) is 5.41 Å². The summed E-state index contributed by atoms with van der Waals surface area (Å²) in [5.74, 6) is -0.0749. The SMILES string of the molecule is COc1ccc(S(=O)(=O)CC2(C)C=C(c3ccccc3)N(C(C)=O)C2C=O)cc1. The maximum atomic E-state index is 13.1. The molecule has 2 aromatic carbocycles. The predicted molar refractivity (Wildman–Crippen MR) is 110 cm³/mol. The first kappa shape index (κ1) is 20.8. The third kappa shape index (κ3) is 3.96. The maximum absolute atomic E-state index is 13.1. The molecule has 2 unspecified atom stereocenters. The Hall–Kier alpha value is -2.93. The Kier molecular flexibility index (Phi) is 5.61. The number of methoxy groups -OCH3 is 1. The molecule has 0 N–H and O–H groups in total. The smallest absolute Gasteiger partial charge is 0.224 e. The van der Waals surface area contributed by atoms with E-state index in [1.54, 1.807) is 25.1 Å². The van der Waals surface area contributed by atoms with E-state index in [9.17, 15) is 18.0 Å². The molecule has 7 heteroatoms. The van der Waals surface area contributed by atoms with E-state index in [2.05, 4.69) is 0 Å². The normalized spacial score (nSPS) is 21.6. The van der Waals surface area contributed by atoms with Crippen molar-refractivity contribution in [2.45, 2.75) is 24.8 Å². The van der Waals surface area contributed by atoms with Crippen molar-refractivity contribution in [1.29, 1.82) is 0 Å². The molecule has 6 nitrogen and oxygen atoms in total. The molecule has 0 spiro atoms. The molecule has 1 amide bonds. The van der Waals surface area contributed by atoms with Gasteiger partial charge in [0.1, 0.15) is 18.1 Å². The van der Waals surface area contributed by atoms with E-state index >= 15 is 0 Å². The molecule has 0 aromatic heterocycles. The number of carbonyl (C=O) groups is 2. The highest BCUT2D eigenvalue weighted by Crippen LogP contribution is 2.43. The largest absolute Gasteiger partial charge is 0.497 e. The molecule has 1 heterocycles. The predicted octanol–water partition coefficient (Wildman–Crippen LogP) is 2.95. The van der Waals surface area contributed by atoms with Crippen LogP contribution in [-0.4, -0.2) is 44.4 Å². The number of amides is 1. The summed E-state index contributed by atoms with van der Waals surface area (Å²) < 4.78 is 31.2. The average molecular weight is 413 g/mol. The van der Waals surface area contributed by atoms with E-state index in [-0.39, 0.29) is 16.6 Å². The van der Waals surface area contributed by atoms with Gasteiger partial charge in [0.15, 0.2) is 9.84 Å². The van der Waals surface area contributed by atoms with Crippen molar-refractivity contribution in [3.63, 3.8) is 0 Å². The summed E-state index contributed by atoms with van der Waals surface area (Å²) in [6, 6.07) is 14.4. The van der Waals surface area contributed by atoms with E-state index in [1.165, 1.54) is 31.1 Å². The lowest BCUT2D eigenvalue weighted by molar-refractivity contribution is -0.131. The summed E-state index contributed by atoms with van der Waals surface area (Å²) in [6.45, 7) is 3.07. The molecule has 0 radical (unpaired) electrons. The number of carbonyl (C=O) groups excluding carboxylic acids is 2. The lowest BCUT2D eigenvalue weighted by Gasteiger charge is -2.32. The van der Waals surface area contributed by atoms with E-state index < -0.39 is 21.3 Å². The zero-order valence-corrected chi connectivity index (χ0v) is 17.3. The Bertz CT molecular complexity index is 1040. The van der Waals surface area contributed by atoms with Crippen LogP contribution in [0.5, 0.6) is 5.75 Å². The Morgan fingerprint density at radius 3 is 2.28 bits per heavy atom. The second-order valence-electron chi connectivity index (χ2n) is 7.31. The molecule has 2 atom stereocenters. The monoisotopic (exact) mass is 413 g/mol. The molecule has 3 rings (SSSR count). The summed E-state index contributed by atoms with van der Waals surface area (Å²) >= 11 is 0. The van der Waals surface area contributed by atoms with Crippen LogP contribution in [0.15, 0.2) is 65.6 Å². The fourth-order valence-corrected chi connectivity index (χ4v) is 5.52. The van der Waals surface area contributed by atoms with E-state index in [0.29, 0.717) is 17.7 Å². The topological polar surface area (TPSA) is 80.8 Å². The number of ether oxygens (including phenoxy) is 1. The molecule has 0 fully saturated rings. The van der Waals surface area contributed by atoms with Crippen LogP contribution in [0.2, 0.25) is 0 Å². The van der Waals surface area contributed by atoms with Gasteiger partial charge in [0, 0.05) is 18.0 Å². The molecule has 152 valence electrons. The number of benzene rings is 2. The standard InChI is InChI=1S/C22H23NO5S/c1-16(25)23-20(17-7-5-4-6-8-17)13-22(2,21(23)14-24)15-29(26,27)19-11-9-18(28-3)10-12-19/h4-14,21H,15H2,1-3H3. The van der Waals surface area contributed by atoms with Crippen LogP contribution < -0.4 is 4.74 Å². The van der Waals surface area contributed by atoms with Gasteiger partial charge in [-0.05, 0) is 29.8 Å². The minimum Gasteiger partial charge on any atom is -0.497 e. The highest BCUT2D eigenvalue weighted by molar-refractivity contribution is 7.91. The van der Waals surface area contributed by atoms with Crippen LogP contribution >= 0.6 is 0 Å². The Balaban J connectivity index is 2.04. The van der Waals surface area contributed by atoms with E-state index in [0.717, 1.165) is 5.56 Å². The lowest BCUT2D eigenvalue weighted by Crippen LogP contribution is -2.45. The summed E-state index contributed by atoms with van der Waals surface area (Å²) in [5, 5.41) is 0. The summed E-state index contributed by atoms with van der Waals surface area (Å²) in [6.07, 6.45) is 2.38. The van der Waals surface area contributed by atoms with Crippen molar-refractivity contribution in [1.82, 2.24) is 4.90 Å². The summed E-state index contributed by atoms with van der Waals surface area (Å²) in [7, 11) is -2.22. The van der Waals surface area contributed by atoms with Crippen molar-refractivity contribution < 1.29 is 22.7 Å². The molecule has 0 aliphatic carbocycles. The third-order valence-electron chi connectivity index (χ3n) is 5.14. The second-order valence-corrected chi connectivity index (χ2v) is 9.30. The van der Waals surface area contributed by atoms with Gasteiger partial charge in [-0.1, -0.05) is 43.3 Å². The van der Waals surface area contributed by atoms with E-state index in [1.807, 2.05) is 30.3 Å². The number of nitrogens with zero attached hydrogens (tertiary/aromatic N) is 1. The zero-order valence-electron chi connectivity index (χ0n) is 16.5. The molecular formula is C22H23NO5S. The minimum atomic E-state index is -3.72. The van der Waals surface area contributed by atoms with Gasteiger partial charge in [0.05, 0.1) is 17.8 Å². The quantitative estimate of drug-likeness (QED) is 0.680. The molecule has 0 bridgehead atoms. The van der Waals surface area contributed by atoms with Gasteiger partial charge < -0.3 is 14.4 Å². The first-order chi connectivity index (χ1) is 13.7. The number of sulfone groups is 1. The van der Waals surface area contributed by atoms with Crippen molar-refractivity contribution in [3.05, 3.63) is 66.2 Å². The summed E-state index contributed by atoms with van der Waals surface area (Å²) in [5.41, 5.74) is 0.222. The highest BCUT2D eigenvalue weighted by Gasteiger charge is 2.48. The van der Waals surface area contributed by atoms with Crippen LogP contribution in [-0.2, 0) is 19.4 Å². The Morgan fingerprint density at radius 1 is 1.14 bits per heavy atom. The van der Waals surface area contributed by atoms with Gasteiger partial charge in [-0.3, -0.25) is 4.79 Å². The molecule has 0 saturated heterocycles. The molecule has 1 aliphatic heterocycles. The first-order valence-corrected chi connectivity index (χ1v) is 10.8. The van der Waals surface area contributed by atoms with Crippen LogP contribution in [0.25, 0.3) is 5.70 Å². The number of hydrogen-bond donors (Lipinski definition) is 0. The molecular weight excluding hydrogens is 390 g/mol. The van der Waals surface area contributed by atoms with Crippen LogP contribution in [0, 0.1) is 5.41 Å². The third-order valence-corrected chi connectivity index (χ3v) is 7.13. The maximum Gasteiger partial charge on any atom is 0.224 e. The molecule has 1 aliphatic rings. The van der Waals surface area contributed by atoms with Crippen molar-refractivity contribution in [3.8, 4) is 5.75 Å². The lowest BCUT2D eigenvalue weighted by atomic mass is 9.86. The highest BCUT2D eigenvalue weighted by atomic mass is 32.2.